The Hall–Kier alpha value is -2.36. The van der Waals surface area contributed by atoms with Crippen LogP contribution in [0.3, 0.4) is 0 Å². The van der Waals surface area contributed by atoms with E-state index in [9.17, 15) is 28.1 Å². The topological polar surface area (TPSA) is 75.9 Å². The molecule has 0 saturated carbocycles. The van der Waals surface area contributed by atoms with Gasteiger partial charge in [0.1, 0.15) is 5.56 Å². The maximum absolute atomic E-state index is 13.1. The van der Waals surface area contributed by atoms with Crippen molar-refractivity contribution < 1.29 is 27.6 Å². The van der Waals surface area contributed by atoms with E-state index in [4.69, 9.17) is 4.74 Å². The molecule has 2 rings (SSSR count). The largest absolute Gasteiger partial charge is 0.462 e. The smallest absolute Gasteiger partial charge is 0.345 e. The number of alkyl halides is 3. The van der Waals surface area contributed by atoms with E-state index < -0.39 is 23.5 Å². The third-order valence-corrected chi connectivity index (χ3v) is 4.12. The van der Waals surface area contributed by atoms with Gasteiger partial charge in [-0.15, -0.1) is 0 Å². The number of nitro benzene ring substituents is 1. The van der Waals surface area contributed by atoms with Crippen molar-refractivity contribution in [1.82, 2.24) is 4.90 Å². The number of carbonyl (C=O) groups excluding carboxylic acids is 1. The molecule has 0 aliphatic carbocycles. The minimum Gasteiger partial charge on any atom is -0.462 e. The molecule has 0 aromatic heterocycles. The molecule has 1 atom stereocenters. The quantitative estimate of drug-likeness (QED) is 0.414. The van der Waals surface area contributed by atoms with Gasteiger partial charge in [0.25, 0.3) is 12.1 Å². The normalized spacial score (nSPS) is 16.6. The number of piperazine rings is 1. The van der Waals surface area contributed by atoms with Gasteiger partial charge in [0.15, 0.2) is 6.17 Å². The van der Waals surface area contributed by atoms with Crippen LogP contribution in [0.5, 0.6) is 0 Å². The molecule has 0 bridgehead atoms. The van der Waals surface area contributed by atoms with Crippen molar-refractivity contribution in [3.63, 3.8) is 0 Å². The van der Waals surface area contributed by atoms with Gasteiger partial charge in [0.05, 0.1) is 11.5 Å². The van der Waals surface area contributed by atoms with E-state index in [-0.39, 0.29) is 24.4 Å². The van der Waals surface area contributed by atoms with Crippen molar-refractivity contribution in [3.8, 4) is 0 Å². The molecule has 26 heavy (non-hydrogen) atoms. The molecule has 1 aromatic carbocycles. The summed E-state index contributed by atoms with van der Waals surface area (Å²) in [6.07, 6.45) is -5.20. The summed E-state index contributed by atoms with van der Waals surface area (Å²) >= 11 is 0. The lowest BCUT2D eigenvalue weighted by Gasteiger charge is -2.36. The summed E-state index contributed by atoms with van der Waals surface area (Å²) in [4.78, 5) is 25.8. The number of benzene rings is 1. The van der Waals surface area contributed by atoms with Gasteiger partial charge in [-0.3, -0.25) is 15.0 Å². The zero-order valence-corrected chi connectivity index (χ0v) is 14.2. The van der Waals surface area contributed by atoms with E-state index >= 15 is 0 Å². The summed E-state index contributed by atoms with van der Waals surface area (Å²) in [6, 6.07) is 4.21. The molecule has 0 radical (unpaired) electrons. The van der Waals surface area contributed by atoms with Gasteiger partial charge in [-0.05, 0) is 19.1 Å². The molecule has 1 unspecified atom stereocenters. The van der Waals surface area contributed by atoms with Crippen LogP contribution in [0.25, 0.3) is 0 Å². The number of ether oxygens (including phenoxy) is 1. The monoisotopic (exact) mass is 375 g/mol. The Morgan fingerprint density at radius 2 is 1.92 bits per heavy atom. The van der Waals surface area contributed by atoms with E-state index in [2.05, 4.69) is 0 Å². The van der Waals surface area contributed by atoms with Crippen LogP contribution in [0.4, 0.5) is 24.5 Å². The Labute approximate surface area is 148 Å². The van der Waals surface area contributed by atoms with E-state index in [1.54, 1.807) is 17.9 Å². The highest BCUT2D eigenvalue weighted by atomic mass is 19.3. The number of carbonyl (C=O) groups is 1. The third-order valence-electron chi connectivity index (χ3n) is 4.12. The lowest BCUT2D eigenvalue weighted by molar-refractivity contribution is -0.385. The molecular formula is C16H20F3N3O4. The van der Waals surface area contributed by atoms with E-state index in [0.29, 0.717) is 31.9 Å². The van der Waals surface area contributed by atoms with Crippen molar-refractivity contribution >= 4 is 17.3 Å². The van der Waals surface area contributed by atoms with Gasteiger partial charge in [0, 0.05) is 44.5 Å². The zero-order valence-electron chi connectivity index (χ0n) is 14.2. The van der Waals surface area contributed by atoms with Crippen LogP contribution in [0.1, 0.15) is 17.3 Å². The first-order valence-electron chi connectivity index (χ1n) is 8.18. The fraction of sp³-hybridized carbons (Fsp3) is 0.562. The fourth-order valence-corrected chi connectivity index (χ4v) is 2.76. The second-order valence-corrected chi connectivity index (χ2v) is 5.82. The van der Waals surface area contributed by atoms with Gasteiger partial charge in [-0.2, -0.15) is 0 Å². The predicted molar refractivity (Wildman–Crippen MR) is 88.6 cm³/mol. The Morgan fingerprint density at radius 1 is 1.27 bits per heavy atom. The Morgan fingerprint density at radius 3 is 2.46 bits per heavy atom. The van der Waals surface area contributed by atoms with E-state index in [1.807, 2.05) is 4.90 Å². The van der Waals surface area contributed by atoms with Crippen LogP contribution in [0.2, 0.25) is 0 Å². The van der Waals surface area contributed by atoms with Crippen LogP contribution >= 0.6 is 0 Å². The highest BCUT2D eigenvalue weighted by Gasteiger charge is 2.27. The standard InChI is InChI=1S/C16H20F3N3O4/c1-2-26-16(23)12-4-3-11(9-14(12)22(24)25)21-7-5-20(6-8-21)10-13(17)15(18)19/h3-4,9,13,15H,2,5-8,10H2,1H3. The molecule has 7 nitrogen and oxygen atoms in total. The Balaban J connectivity index is 2.07. The molecule has 1 aliphatic heterocycles. The maximum atomic E-state index is 13.1. The molecule has 1 fully saturated rings. The number of esters is 1. The predicted octanol–water partition coefficient (Wildman–Crippen LogP) is 2.50. The van der Waals surface area contributed by atoms with E-state index in [0.717, 1.165) is 0 Å². The van der Waals surface area contributed by atoms with Crippen molar-refractivity contribution in [2.45, 2.75) is 19.5 Å². The zero-order chi connectivity index (χ0) is 19.3. The minimum absolute atomic E-state index is 0.105. The van der Waals surface area contributed by atoms with Gasteiger partial charge in [-0.1, -0.05) is 0 Å². The van der Waals surface area contributed by atoms with E-state index in [1.165, 1.54) is 12.1 Å². The molecule has 0 amide bonds. The van der Waals surface area contributed by atoms with Gasteiger partial charge in [-0.25, -0.2) is 18.0 Å². The SMILES string of the molecule is CCOC(=O)c1ccc(N2CCN(CC(F)C(F)F)CC2)cc1[N+](=O)[O-]. The Bertz CT molecular complexity index is 652. The number of nitro groups is 1. The number of hydrogen-bond donors (Lipinski definition) is 0. The number of halogens is 3. The van der Waals surface area contributed by atoms with Crippen molar-refractivity contribution in [1.29, 1.82) is 0 Å². The summed E-state index contributed by atoms with van der Waals surface area (Å²) in [5.74, 6) is -0.767. The molecule has 1 aromatic rings. The number of rotatable bonds is 7. The minimum atomic E-state index is -3.01. The maximum Gasteiger partial charge on any atom is 0.345 e. The van der Waals surface area contributed by atoms with Crippen LogP contribution < -0.4 is 4.90 Å². The third kappa shape index (κ3) is 4.84. The van der Waals surface area contributed by atoms with Crippen molar-refractivity contribution in [2.24, 2.45) is 0 Å². The average Bonchev–Trinajstić information content (AvgIpc) is 2.62. The number of hydrogen-bond acceptors (Lipinski definition) is 6. The first-order valence-corrected chi connectivity index (χ1v) is 8.18. The van der Waals surface area contributed by atoms with Crippen molar-refractivity contribution in [3.05, 3.63) is 33.9 Å². The lowest BCUT2D eigenvalue weighted by Crippen LogP contribution is -2.48. The lowest BCUT2D eigenvalue weighted by atomic mass is 10.1. The highest BCUT2D eigenvalue weighted by molar-refractivity contribution is 5.94. The first-order chi connectivity index (χ1) is 12.3. The van der Waals surface area contributed by atoms with Gasteiger partial charge < -0.3 is 9.64 Å². The number of nitrogens with zero attached hydrogens (tertiary/aromatic N) is 3. The van der Waals surface area contributed by atoms with Crippen LogP contribution in [0, 0.1) is 10.1 Å². The summed E-state index contributed by atoms with van der Waals surface area (Å²) in [5.41, 5.74) is 0.0522. The van der Waals surface area contributed by atoms with Crippen LogP contribution in [0.15, 0.2) is 18.2 Å². The van der Waals surface area contributed by atoms with Crippen LogP contribution in [-0.2, 0) is 4.74 Å². The summed E-state index contributed by atoms with van der Waals surface area (Å²) < 4.78 is 42.5. The van der Waals surface area contributed by atoms with Crippen molar-refractivity contribution in [2.75, 3.05) is 44.2 Å². The van der Waals surface area contributed by atoms with Crippen LogP contribution in [-0.4, -0.2) is 67.7 Å². The molecular weight excluding hydrogens is 355 g/mol. The highest BCUT2D eigenvalue weighted by Crippen LogP contribution is 2.27. The molecule has 144 valence electrons. The van der Waals surface area contributed by atoms with Gasteiger partial charge in [0.2, 0.25) is 0 Å². The van der Waals surface area contributed by atoms with Gasteiger partial charge >= 0.3 is 5.97 Å². The second kappa shape index (κ2) is 8.84. The molecule has 10 heteroatoms. The molecule has 1 aliphatic rings. The fourth-order valence-electron chi connectivity index (χ4n) is 2.76. The molecule has 1 heterocycles. The summed E-state index contributed by atoms with van der Waals surface area (Å²) in [7, 11) is 0. The molecule has 0 spiro atoms. The summed E-state index contributed by atoms with van der Waals surface area (Å²) in [6.45, 7) is 2.91. The Kier molecular flexibility index (Phi) is 6.78. The molecule has 0 N–H and O–H groups in total. The molecule has 1 saturated heterocycles. The summed E-state index contributed by atoms with van der Waals surface area (Å²) in [5, 5.41) is 11.3. The average molecular weight is 375 g/mol. The second-order valence-electron chi connectivity index (χ2n) is 5.82. The number of anilines is 1. The first kappa shape index (κ1) is 20.0.